The van der Waals surface area contributed by atoms with E-state index >= 15 is 0 Å². The van der Waals surface area contributed by atoms with Gasteiger partial charge in [0.05, 0.1) is 26.1 Å². The Kier molecular flexibility index (Phi) is 34.2. The van der Waals surface area contributed by atoms with Crippen LogP contribution in [0.1, 0.15) is 206 Å². The Morgan fingerprint density at radius 2 is 0.824 bits per heavy atom. The third-order valence-corrected chi connectivity index (χ3v) is 10.9. The van der Waals surface area contributed by atoms with Crippen LogP contribution in [-0.4, -0.2) is 70.3 Å². The molecule has 10 heteroatoms. The Bertz CT molecular complexity index is 940. The second-order valence-electron chi connectivity index (χ2n) is 14.8. The molecule has 0 aromatic carbocycles. The summed E-state index contributed by atoms with van der Waals surface area (Å²) in [7, 11) is -1.25. The van der Waals surface area contributed by atoms with Gasteiger partial charge in [-0.3, -0.25) is 14.4 Å². The number of esters is 2. The molecule has 0 radical (unpaired) electrons. The second kappa shape index (κ2) is 35.4. The number of unbranched alkanes of at least 4 members (excludes halogenated alkanes) is 26. The zero-order valence-corrected chi connectivity index (χ0v) is 34.3. The first-order valence-corrected chi connectivity index (χ1v) is 22.5. The van der Waals surface area contributed by atoms with Crippen molar-refractivity contribution < 1.29 is 36.5 Å². The summed E-state index contributed by atoms with van der Waals surface area (Å²) in [4.78, 5) is 39.5. The Balaban J connectivity index is 4.41. The maximum absolute atomic E-state index is 13.0. The maximum Gasteiger partial charge on any atom is 0.328 e. The van der Waals surface area contributed by atoms with Gasteiger partial charge in [0.1, 0.15) is 0 Å². The minimum Gasteiger partial charge on any atom is -0.466 e. The highest BCUT2D eigenvalue weighted by Gasteiger charge is 2.39. The molecule has 9 nitrogen and oxygen atoms in total. The monoisotopic (exact) mass is 746 g/mol. The molecule has 1 atom stereocenters. The van der Waals surface area contributed by atoms with E-state index < -0.39 is 39.7 Å². The number of carbonyl (C=O) groups is 3. The van der Waals surface area contributed by atoms with E-state index in [-0.39, 0.29) is 26.2 Å². The molecular formula is C41H79NO8S. The third kappa shape index (κ3) is 32.7. The van der Waals surface area contributed by atoms with E-state index in [9.17, 15) is 22.8 Å². The van der Waals surface area contributed by atoms with Crippen molar-refractivity contribution in [3.05, 3.63) is 0 Å². The first-order chi connectivity index (χ1) is 24.6. The number of ether oxygens (including phenoxy) is 2. The van der Waals surface area contributed by atoms with Crippen molar-refractivity contribution in [3.8, 4) is 0 Å². The fraction of sp³-hybridized carbons (Fsp3) is 0.927. The molecule has 0 aromatic heterocycles. The van der Waals surface area contributed by atoms with Crippen molar-refractivity contribution in [2.75, 3.05) is 33.9 Å². The highest BCUT2D eigenvalue weighted by molar-refractivity contribution is 7.88. The Morgan fingerprint density at radius 1 is 0.490 bits per heavy atom. The van der Waals surface area contributed by atoms with Gasteiger partial charge in [-0.15, -0.1) is 0 Å². The molecule has 0 bridgehead atoms. The van der Waals surface area contributed by atoms with Crippen LogP contribution in [0.15, 0.2) is 0 Å². The molecule has 0 rings (SSSR count). The smallest absolute Gasteiger partial charge is 0.328 e. The zero-order valence-electron chi connectivity index (χ0n) is 33.5. The van der Waals surface area contributed by atoms with Crippen LogP contribution >= 0.6 is 0 Å². The molecule has 0 saturated heterocycles. The predicted molar refractivity (Wildman–Crippen MR) is 209 cm³/mol. The molecule has 51 heavy (non-hydrogen) atoms. The van der Waals surface area contributed by atoms with Crippen LogP contribution in [0.25, 0.3) is 0 Å². The zero-order chi connectivity index (χ0) is 37.8. The summed E-state index contributed by atoms with van der Waals surface area (Å²) < 4.78 is 41.2. The van der Waals surface area contributed by atoms with Gasteiger partial charge in [0.15, 0.2) is 0 Å². The van der Waals surface area contributed by atoms with E-state index in [1.54, 1.807) is 19.0 Å². The van der Waals surface area contributed by atoms with Gasteiger partial charge in [-0.2, -0.15) is 8.42 Å². The Morgan fingerprint density at radius 3 is 1.18 bits per heavy atom. The topological polar surface area (TPSA) is 116 Å². The van der Waals surface area contributed by atoms with Crippen LogP contribution in [0, 0.1) is 0 Å². The lowest BCUT2D eigenvalue weighted by Gasteiger charge is -2.16. The number of nitrogens with zero attached hydrogens (tertiary/aromatic N) is 1. The molecule has 0 amide bonds. The molecule has 0 saturated carbocycles. The number of hydrogen-bond donors (Lipinski definition) is 0. The summed E-state index contributed by atoms with van der Waals surface area (Å²) in [5.41, 5.74) is 0. The van der Waals surface area contributed by atoms with E-state index in [2.05, 4.69) is 13.8 Å². The predicted octanol–water partition coefficient (Wildman–Crippen LogP) is 10.6. The van der Waals surface area contributed by atoms with Crippen molar-refractivity contribution in [3.63, 3.8) is 0 Å². The molecule has 0 aliphatic rings. The van der Waals surface area contributed by atoms with E-state index in [0.717, 1.165) is 38.5 Å². The maximum atomic E-state index is 13.0. The average molecular weight is 746 g/mol. The molecule has 0 spiro atoms. The largest absolute Gasteiger partial charge is 0.466 e. The number of hydrogen-bond acceptors (Lipinski definition) is 9. The fourth-order valence-electron chi connectivity index (χ4n) is 6.10. The Labute approximate surface area is 314 Å². The van der Waals surface area contributed by atoms with Gasteiger partial charge in [-0.25, -0.2) is 0 Å². The third-order valence-electron chi connectivity index (χ3n) is 9.44. The van der Waals surface area contributed by atoms with Gasteiger partial charge in [0, 0.05) is 6.54 Å². The van der Waals surface area contributed by atoms with E-state index in [4.69, 9.17) is 13.7 Å². The van der Waals surface area contributed by atoms with E-state index in [1.807, 2.05) is 0 Å². The van der Waals surface area contributed by atoms with Crippen LogP contribution in [-0.2, 0) is 38.2 Å². The molecule has 0 aliphatic carbocycles. The SMILES string of the molecule is CCCCCCCCCCCCCCCCOC(=O)CC(C(=O)OCCCCCCCCCCCCCCCC)S(=O)(=O)OC(=O)CCN(C)C. The summed E-state index contributed by atoms with van der Waals surface area (Å²) in [5, 5.41) is -1.95. The highest BCUT2D eigenvalue weighted by atomic mass is 32.2. The van der Waals surface area contributed by atoms with Gasteiger partial charge in [0.25, 0.3) is 0 Å². The summed E-state index contributed by atoms with van der Waals surface area (Å²) in [5.74, 6) is -2.89. The molecule has 302 valence electrons. The lowest BCUT2D eigenvalue weighted by atomic mass is 10.0. The molecule has 0 heterocycles. The second-order valence-corrected chi connectivity index (χ2v) is 16.5. The minimum absolute atomic E-state index is 0.0472. The molecule has 0 aliphatic heterocycles. The molecule has 0 fully saturated rings. The fourth-order valence-corrected chi connectivity index (χ4v) is 7.21. The van der Waals surface area contributed by atoms with Crippen molar-refractivity contribution in [1.29, 1.82) is 0 Å². The summed E-state index contributed by atoms with van der Waals surface area (Å²) in [6.07, 6.45) is 32.7. The van der Waals surface area contributed by atoms with E-state index in [0.29, 0.717) is 12.8 Å². The molecule has 0 aromatic rings. The number of rotatable bonds is 38. The van der Waals surface area contributed by atoms with Crippen LogP contribution in [0.2, 0.25) is 0 Å². The van der Waals surface area contributed by atoms with Gasteiger partial charge < -0.3 is 18.6 Å². The van der Waals surface area contributed by atoms with Gasteiger partial charge in [-0.1, -0.05) is 181 Å². The van der Waals surface area contributed by atoms with Crippen molar-refractivity contribution in [2.45, 2.75) is 212 Å². The average Bonchev–Trinajstić information content (AvgIpc) is 3.09. The molecule has 1 unspecified atom stereocenters. The van der Waals surface area contributed by atoms with Crippen molar-refractivity contribution in [2.24, 2.45) is 0 Å². The molecule has 0 N–H and O–H groups in total. The first kappa shape index (κ1) is 49.3. The highest BCUT2D eigenvalue weighted by Crippen LogP contribution is 2.17. The summed E-state index contributed by atoms with van der Waals surface area (Å²) >= 11 is 0. The van der Waals surface area contributed by atoms with Crippen LogP contribution in [0.3, 0.4) is 0 Å². The number of carbonyl (C=O) groups excluding carboxylic acids is 3. The van der Waals surface area contributed by atoms with Crippen LogP contribution in [0.4, 0.5) is 0 Å². The summed E-state index contributed by atoms with van der Waals surface area (Å²) in [6, 6.07) is 0. The van der Waals surface area contributed by atoms with E-state index in [1.165, 1.54) is 128 Å². The van der Waals surface area contributed by atoms with Gasteiger partial charge >= 0.3 is 28.0 Å². The van der Waals surface area contributed by atoms with Gasteiger partial charge in [-0.05, 0) is 26.9 Å². The van der Waals surface area contributed by atoms with Crippen LogP contribution < -0.4 is 0 Å². The van der Waals surface area contributed by atoms with Crippen molar-refractivity contribution in [1.82, 2.24) is 4.90 Å². The molecular weight excluding hydrogens is 667 g/mol. The normalized spacial score (nSPS) is 12.3. The lowest BCUT2D eigenvalue weighted by Crippen LogP contribution is -2.37. The van der Waals surface area contributed by atoms with Crippen LogP contribution in [0.5, 0.6) is 0 Å². The quantitative estimate of drug-likeness (QED) is 0.0346. The first-order valence-electron chi connectivity index (χ1n) is 21.1. The van der Waals surface area contributed by atoms with Crippen molar-refractivity contribution >= 4 is 28.0 Å². The standard InChI is InChI=1S/C41H79NO8S/c1-5-7-9-11-13-15-17-19-21-23-25-27-29-31-35-48-40(44)37-38(51(46,47)50-39(43)33-34-42(3)4)41(45)49-36-32-30-28-26-24-22-20-18-16-14-12-10-8-6-2/h38H,5-37H2,1-4H3. The Hall–Kier alpha value is -1.68. The summed E-state index contributed by atoms with van der Waals surface area (Å²) in [6.45, 7) is 4.97. The lowest BCUT2D eigenvalue weighted by molar-refractivity contribution is -0.150. The minimum atomic E-state index is -4.74. The van der Waals surface area contributed by atoms with Gasteiger partial charge in [0.2, 0.25) is 5.25 Å².